The lowest BCUT2D eigenvalue weighted by atomic mass is 10.1. The maximum absolute atomic E-state index is 11.7. The summed E-state index contributed by atoms with van der Waals surface area (Å²) in [5.74, 6) is -1.44. The summed E-state index contributed by atoms with van der Waals surface area (Å²) < 4.78 is 4.99. The van der Waals surface area contributed by atoms with Gasteiger partial charge in [-0.1, -0.05) is 0 Å². The maximum Gasteiger partial charge on any atom is 0.338 e. The van der Waals surface area contributed by atoms with E-state index in [1.165, 1.54) is 13.2 Å². The molecule has 0 aliphatic rings. The SMILES string of the molecule is COC(C)(C)C(=O)Nc1sccc1C(=O)O. The normalized spacial score (nSPS) is 11.2. The molecule has 5 nitrogen and oxygen atoms in total. The van der Waals surface area contributed by atoms with Gasteiger partial charge in [0.1, 0.15) is 10.6 Å². The Kier molecular flexibility index (Phi) is 3.66. The zero-order valence-electron chi connectivity index (χ0n) is 9.23. The van der Waals surface area contributed by atoms with Crippen molar-refractivity contribution in [3.8, 4) is 0 Å². The Morgan fingerprint density at radius 3 is 2.62 bits per heavy atom. The van der Waals surface area contributed by atoms with Crippen LogP contribution in [0.4, 0.5) is 5.00 Å². The number of hydrogen-bond acceptors (Lipinski definition) is 4. The summed E-state index contributed by atoms with van der Waals surface area (Å²) in [5.41, 5.74) is -0.898. The number of carboxylic acids is 1. The van der Waals surface area contributed by atoms with Gasteiger partial charge in [-0.2, -0.15) is 0 Å². The Balaban J connectivity index is 2.85. The summed E-state index contributed by atoms with van der Waals surface area (Å²) in [6.45, 7) is 3.22. The number of carboxylic acid groups (broad SMARTS) is 1. The number of methoxy groups -OCH3 is 1. The van der Waals surface area contributed by atoms with Gasteiger partial charge < -0.3 is 15.2 Å². The van der Waals surface area contributed by atoms with Crippen molar-refractivity contribution in [2.24, 2.45) is 0 Å². The maximum atomic E-state index is 11.7. The monoisotopic (exact) mass is 243 g/mol. The van der Waals surface area contributed by atoms with Crippen molar-refractivity contribution in [1.29, 1.82) is 0 Å². The van der Waals surface area contributed by atoms with E-state index >= 15 is 0 Å². The minimum atomic E-state index is -1.06. The molecule has 0 bridgehead atoms. The van der Waals surface area contributed by atoms with Gasteiger partial charge in [-0.05, 0) is 25.3 Å². The first-order valence-electron chi connectivity index (χ1n) is 4.56. The van der Waals surface area contributed by atoms with Crippen LogP contribution in [0.2, 0.25) is 0 Å². The number of nitrogens with one attached hydrogen (secondary N) is 1. The van der Waals surface area contributed by atoms with Crippen LogP contribution in [-0.2, 0) is 9.53 Å². The minimum absolute atomic E-state index is 0.0882. The van der Waals surface area contributed by atoms with Crippen LogP contribution in [0.15, 0.2) is 11.4 Å². The number of thiophene rings is 1. The molecule has 0 saturated heterocycles. The number of hydrogen-bond donors (Lipinski definition) is 2. The first-order valence-corrected chi connectivity index (χ1v) is 5.44. The highest BCUT2D eigenvalue weighted by Gasteiger charge is 2.28. The third-order valence-electron chi connectivity index (χ3n) is 2.18. The van der Waals surface area contributed by atoms with E-state index in [-0.39, 0.29) is 11.5 Å². The summed E-state index contributed by atoms with van der Waals surface area (Å²) in [5, 5.41) is 13.3. The van der Waals surface area contributed by atoms with E-state index in [4.69, 9.17) is 9.84 Å². The van der Waals surface area contributed by atoms with Crippen molar-refractivity contribution in [3.63, 3.8) is 0 Å². The fourth-order valence-electron chi connectivity index (χ4n) is 0.921. The zero-order valence-corrected chi connectivity index (χ0v) is 10.1. The van der Waals surface area contributed by atoms with Crippen molar-refractivity contribution < 1.29 is 19.4 Å². The minimum Gasteiger partial charge on any atom is -0.478 e. The van der Waals surface area contributed by atoms with Crippen molar-refractivity contribution in [3.05, 3.63) is 17.0 Å². The summed E-state index contributed by atoms with van der Waals surface area (Å²) in [6.07, 6.45) is 0. The average molecular weight is 243 g/mol. The van der Waals surface area contributed by atoms with Gasteiger partial charge in [0.05, 0.1) is 5.56 Å². The molecule has 0 aliphatic heterocycles. The predicted octanol–water partition coefficient (Wildman–Crippen LogP) is 1.81. The molecule has 0 spiro atoms. The Morgan fingerprint density at radius 1 is 1.50 bits per heavy atom. The van der Waals surface area contributed by atoms with Crippen LogP contribution in [0.25, 0.3) is 0 Å². The summed E-state index contributed by atoms with van der Waals surface area (Å²) in [6, 6.07) is 1.45. The number of rotatable bonds is 4. The van der Waals surface area contributed by atoms with Crippen molar-refractivity contribution >= 4 is 28.2 Å². The second-order valence-electron chi connectivity index (χ2n) is 3.64. The van der Waals surface area contributed by atoms with Crippen LogP contribution in [0.5, 0.6) is 0 Å². The van der Waals surface area contributed by atoms with Gasteiger partial charge in [-0.3, -0.25) is 4.79 Å². The summed E-state index contributed by atoms with van der Waals surface area (Å²) in [4.78, 5) is 22.5. The molecule has 2 N–H and O–H groups in total. The largest absolute Gasteiger partial charge is 0.478 e. The molecule has 1 aromatic heterocycles. The quantitative estimate of drug-likeness (QED) is 0.845. The van der Waals surface area contributed by atoms with E-state index in [2.05, 4.69) is 5.32 Å². The van der Waals surface area contributed by atoms with Crippen LogP contribution in [-0.4, -0.2) is 29.7 Å². The van der Waals surface area contributed by atoms with E-state index in [9.17, 15) is 9.59 Å². The molecule has 16 heavy (non-hydrogen) atoms. The summed E-state index contributed by atoms with van der Waals surface area (Å²) >= 11 is 1.16. The van der Waals surface area contributed by atoms with Gasteiger partial charge in [-0.15, -0.1) is 11.3 Å². The Labute approximate surface area is 97.0 Å². The van der Waals surface area contributed by atoms with Crippen molar-refractivity contribution in [1.82, 2.24) is 0 Å². The van der Waals surface area contributed by atoms with Gasteiger partial charge in [0, 0.05) is 7.11 Å². The highest BCUT2D eigenvalue weighted by molar-refractivity contribution is 7.14. The summed E-state index contributed by atoms with van der Waals surface area (Å²) in [7, 11) is 1.42. The average Bonchev–Trinajstić information content (AvgIpc) is 2.65. The zero-order chi connectivity index (χ0) is 12.3. The van der Waals surface area contributed by atoms with E-state index in [0.29, 0.717) is 5.00 Å². The van der Waals surface area contributed by atoms with Crippen LogP contribution in [0, 0.1) is 0 Å². The molecule has 1 aromatic rings. The molecule has 0 saturated carbocycles. The van der Waals surface area contributed by atoms with Crippen LogP contribution in [0.1, 0.15) is 24.2 Å². The van der Waals surface area contributed by atoms with Gasteiger partial charge >= 0.3 is 5.97 Å². The lowest BCUT2D eigenvalue weighted by molar-refractivity contribution is -0.133. The Bertz CT molecular complexity index is 411. The predicted molar refractivity (Wildman–Crippen MR) is 61.0 cm³/mol. The molecule has 1 rings (SSSR count). The molecular weight excluding hydrogens is 230 g/mol. The Morgan fingerprint density at radius 2 is 2.12 bits per heavy atom. The van der Waals surface area contributed by atoms with Gasteiger partial charge in [0.25, 0.3) is 5.91 Å². The molecule has 0 aromatic carbocycles. The number of ether oxygens (including phenoxy) is 1. The second-order valence-corrected chi connectivity index (χ2v) is 4.55. The Hall–Kier alpha value is -1.40. The lowest BCUT2D eigenvalue weighted by Gasteiger charge is -2.21. The third-order valence-corrected chi connectivity index (χ3v) is 3.01. The number of anilines is 1. The number of carbonyl (C=O) groups is 2. The van der Waals surface area contributed by atoms with E-state index < -0.39 is 11.6 Å². The first kappa shape index (κ1) is 12.7. The first-order chi connectivity index (χ1) is 7.38. The fourth-order valence-corrected chi connectivity index (χ4v) is 1.69. The number of aromatic carboxylic acids is 1. The van der Waals surface area contributed by atoms with E-state index in [0.717, 1.165) is 11.3 Å². The van der Waals surface area contributed by atoms with Gasteiger partial charge in [0.15, 0.2) is 0 Å². The molecule has 0 unspecified atom stereocenters. The number of amides is 1. The third kappa shape index (κ3) is 2.59. The molecule has 0 aliphatic carbocycles. The molecule has 0 radical (unpaired) electrons. The highest BCUT2D eigenvalue weighted by atomic mass is 32.1. The molecule has 88 valence electrons. The van der Waals surface area contributed by atoms with E-state index in [1.807, 2.05) is 0 Å². The molecule has 6 heteroatoms. The molecule has 1 amide bonds. The fraction of sp³-hybridized carbons (Fsp3) is 0.400. The van der Waals surface area contributed by atoms with Crippen LogP contribution >= 0.6 is 11.3 Å². The van der Waals surface area contributed by atoms with Crippen LogP contribution < -0.4 is 5.32 Å². The lowest BCUT2D eigenvalue weighted by Crippen LogP contribution is -2.38. The molecular formula is C10H13NO4S. The van der Waals surface area contributed by atoms with Gasteiger partial charge in [-0.25, -0.2) is 4.79 Å². The second kappa shape index (κ2) is 4.63. The molecule has 1 heterocycles. The van der Waals surface area contributed by atoms with Gasteiger partial charge in [0.2, 0.25) is 0 Å². The molecule has 0 fully saturated rings. The highest BCUT2D eigenvalue weighted by Crippen LogP contribution is 2.24. The van der Waals surface area contributed by atoms with Crippen molar-refractivity contribution in [2.75, 3.05) is 12.4 Å². The topological polar surface area (TPSA) is 75.6 Å². The van der Waals surface area contributed by atoms with Crippen molar-refractivity contribution in [2.45, 2.75) is 19.4 Å². The van der Waals surface area contributed by atoms with E-state index in [1.54, 1.807) is 19.2 Å². The molecule has 0 atom stereocenters. The smallest absolute Gasteiger partial charge is 0.338 e. The standard InChI is InChI=1S/C10H13NO4S/c1-10(2,15-3)9(14)11-7-6(8(12)13)4-5-16-7/h4-5H,1-3H3,(H,11,14)(H,12,13). The number of carbonyl (C=O) groups excluding carboxylic acids is 1. The van der Waals surface area contributed by atoms with Crippen LogP contribution in [0.3, 0.4) is 0 Å².